The largest absolute Gasteiger partial charge is 0.315 e. The van der Waals surface area contributed by atoms with E-state index in [1.54, 1.807) is 5.38 Å². The molecule has 1 aliphatic heterocycles. The van der Waals surface area contributed by atoms with Crippen molar-refractivity contribution in [1.29, 1.82) is 0 Å². The normalized spacial score (nSPS) is 21.9. The molecular formula is C7H11ClN2O2S2. The molecule has 80 valence electrons. The number of hydrogen-bond acceptors (Lipinski definition) is 5. The minimum absolute atomic E-state index is 0. The maximum Gasteiger partial charge on any atom is 0.209 e. The smallest absolute Gasteiger partial charge is 0.209 e. The molecule has 1 aromatic rings. The van der Waals surface area contributed by atoms with Gasteiger partial charge in [0, 0.05) is 18.1 Å². The lowest BCUT2D eigenvalue weighted by molar-refractivity contribution is 0.582. The zero-order chi connectivity index (χ0) is 9.31. The van der Waals surface area contributed by atoms with Gasteiger partial charge < -0.3 is 5.32 Å². The summed E-state index contributed by atoms with van der Waals surface area (Å²) >= 11 is 1.19. The van der Waals surface area contributed by atoms with Gasteiger partial charge in [0.05, 0.1) is 5.25 Å². The van der Waals surface area contributed by atoms with Crippen LogP contribution in [0.3, 0.4) is 0 Å². The molecule has 2 rings (SSSR count). The zero-order valence-corrected chi connectivity index (χ0v) is 9.79. The number of sulfone groups is 1. The van der Waals surface area contributed by atoms with Crippen LogP contribution in [0.15, 0.2) is 15.9 Å². The van der Waals surface area contributed by atoms with Crippen LogP contribution < -0.4 is 5.32 Å². The fraction of sp³-hybridized carbons (Fsp3) is 0.571. The van der Waals surface area contributed by atoms with E-state index in [9.17, 15) is 8.42 Å². The summed E-state index contributed by atoms with van der Waals surface area (Å²) in [4.78, 5) is 3.84. The number of rotatable bonds is 2. The van der Waals surface area contributed by atoms with Crippen molar-refractivity contribution in [3.05, 3.63) is 11.6 Å². The third-order valence-electron chi connectivity index (χ3n) is 2.11. The summed E-state index contributed by atoms with van der Waals surface area (Å²) < 4.78 is 23.9. The van der Waals surface area contributed by atoms with Crippen molar-refractivity contribution in [2.24, 2.45) is 0 Å². The van der Waals surface area contributed by atoms with Crippen LogP contribution in [-0.2, 0) is 9.84 Å². The van der Waals surface area contributed by atoms with Gasteiger partial charge in [-0.3, -0.25) is 0 Å². The highest BCUT2D eigenvalue weighted by Crippen LogP contribution is 2.21. The van der Waals surface area contributed by atoms with Crippen LogP contribution in [0.2, 0.25) is 0 Å². The lowest BCUT2D eigenvalue weighted by Crippen LogP contribution is -2.23. The first-order valence-electron chi connectivity index (χ1n) is 4.05. The monoisotopic (exact) mass is 254 g/mol. The van der Waals surface area contributed by atoms with Crippen LogP contribution >= 0.6 is 23.7 Å². The Balaban J connectivity index is 0.000000980. The SMILES string of the molecule is Cl.O=S(=O)(c1nccs1)[C@H]1CCNC1. The number of nitrogens with zero attached hydrogens (tertiary/aromatic N) is 1. The van der Waals surface area contributed by atoms with Gasteiger partial charge in [-0.1, -0.05) is 0 Å². The molecule has 0 saturated carbocycles. The molecule has 4 nitrogen and oxygen atoms in total. The first-order chi connectivity index (χ1) is 6.21. The first-order valence-corrected chi connectivity index (χ1v) is 6.48. The van der Waals surface area contributed by atoms with Crippen LogP contribution in [0, 0.1) is 0 Å². The molecule has 1 fully saturated rings. The predicted molar refractivity (Wildman–Crippen MR) is 57.8 cm³/mol. The zero-order valence-electron chi connectivity index (χ0n) is 7.34. The average molecular weight is 255 g/mol. The number of halogens is 1. The van der Waals surface area contributed by atoms with E-state index in [1.807, 2.05) is 0 Å². The highest BCUT2D eigenvalue weighted by Gasteiger charge is 2.31. The van der Waals surface area contributed by atoms with E-state index in [0.717, 1.165) is 6.54 Å². The second-order valence-corrected chi connectivity index (χ2v) is 6.25. The standard InChI is InChI=1S/C7H10N2O2S2.ClH/c10-13(11,6-1-2-8-5-6)7-9-3-4-12-7;/h3-4,6,8H,1-2,5H2;1H/t6-;/m0./s1. The van der Waals surface area contributed by atoms with Gasteiger partial charge in [0.15, 0.2) is 0 Å². The van der Waals surface area contributed by atoms with Crippen molar-refractivity contribution in [3.63, 3.8) is 0 Å². The lowest BCUT2D eigenvalue weighted by Gasteiger charge is -2.06. The molecule has 7 heteroatoms. The average Bonchev–Trinajstić information content (AvgIpc) is 2.78. The van der Waals surface area contributed by atoms with Crippen LogP contribution in [-0.4, -0.2) is 31.7 Å². The molecule has 0 radical (unpaired) electrons. The molecule has 0 aliphatic carbocycles. The van der Waals surface area contributed by atoms with E-state index in [2.05, 4.69) is 10.3 Å². The summed E-state index contributed by atoms with van der Waals surface area (Å²) in [5, 5.41) is 4.45. The van der Waals surface area contributed by atoms with E-state index in [4.69, 9.17) is 0 Å². The van der Waals surface area contributed by atoms with E-state index in [1.165, 1.54) is 17.5 Å². The van der Waals surface area contributed by atoms with Gasteiger partial charge in [-0.2, -0.15) is 0 Å². The van der Waals surface area contributed by atoms with Gasteiger partial charge in [-0.25, -0.2) is 13.4 Å². The van der Waals surface area contributed by atoms with E-state index >= 15 is 0 Å². The summed E-state index contributed by atoms with van der Waals surface area (Å²) in [6, 6.07) is 0. The Morgan fingerprint density at radius 2 is 2.36 bits per heavy atom. The van der Waals surface area contributed by atoms with Crippen LogP contribution in [0.25, 0.3) is 0 Å². The number of hydrogen-bond donors (Lipinski definition) is 1. The Kier molecular flexibility index (Phi) is 3.88. The maximum absolute atomic E-state index is 11.8. The Morgan fingerprint density at radius 1 is 1.57 bits per heavy atom. The van der Waals surface area contributed by atoms with Crippen LogP contribution in [0.5, 0.6) is 0 Å². The van der Waals surface area contributed by atoms with Gasteiger partial charge in [0.1, 0.15) is 0 Å². The molecule has 0 amide bonds. The van der Waals surface area contributed by atoms with Gasteiger partial charge in [0.2, 0.25) is 14.2 Å². The van der Waals surface area contributed by atoms with Gasteiger partial charge in [-0.05, 0) is 13.0 Å². The molecule has 1 atom stereocenters. The number of nitrogens with one attached hydrogen (secondary N) is 1. The molecule has 14 heavy (non-hydrogen) atoms. The van der Waals surface area contributed by atoms with Crippen molar-refractivity contribution in [3.8, 4) is 0 Å². The second-order valence-electron chi connectivity index (χ2n) is 2.96. The highest BCUT2D eigenvalue weighted by atomic mass is 35.5. The molecular weight excluding hydrogens is 244 g/mol. The summed E-state index contributed by atoms with van der Waals surface area (Å²) in [7, 11) is -3.15. The van der Waals surface area contributed by atoms with Crippen molar-refractivity contribution < 1.29 is 8.42 Å². The quantitative estimate of drug-likeness (QED) is 0.844. The minimum Gasteiger partial charge on any atom is -0.315 e. The molecule has 1 saturated heterocycles. The van der Waals surface area contributed by atoms with E-state index in [0.29, 0.717) is 13.0 Å². The highest BCUT2D eigenvalue weighted by molar-refractivity contribution is 7.93. The summed E-state index contributed by atoms with van der Waals surface area (Å²) in [5.74, 6) is 0. The fourth-order valence-electron chi connectivity index (χ4n) is 1.39. The number of aromatic nitrogens is 1. The van der Waals surface area contributed by atoms with Gasteiger partial charge >= 0.3 is 0 Å². The summed E-state index contributed by atoms with van der Waals surface area (Å²) in [5.41, 5.74) is 0. The fourth-order valence-corrected chi connectivity index (χ4v) is 4.12. The van der Waals surface area contributed by atoms with Crippen LogP contribution in [0.4, 0.5) is 0 Å². The second kappa shape index (κ2) is 4.57. The third-order valence-corrected chi connectivity index (χ3v) is 5.53. The molecule has 0 bridgehead atoms. The first kappa shape index (κ1) is 11.9. The van der Waals surface area contributed by atoms with E-state index < -0.39 is 9.84 Å². The topological polar surface area (TPSA) is 59.1 Å². The Hall–Kier alpha value is -0.170. The molecule has 1 N–H and O–H groups in total. The predicted octanol–water partition coefficient (Wildman–Crippen LogP) is 0.700. The molecule has 2 heterocycles. The summed E-state index contributed by atoms with van der Waals surface area (Å²) in [6.07, 6.45) is 2.22. The molecule has 0 spiro atoms. The molecule has 0 aromatic carbocycles. The lowest BCUT2D eigenvalue weighted by atomic mass is 10.4. The maximum atomic E-state index is 11.8. The van der Waals surface area contributed by atoms with Gasteiger partial charge in [-0.15, -0.1) is 23.7 Å². The van der Waals surface area contributed by atoms with Gasteiger partial charge in [0.25, 0.3) is 0 Å². The minimum atomic E-state index is -3.15. The Bertz CT molecular complexity index is 370. The molecule has 1 aliphatic rings. The molecule has 1 aromatic heterocycles. The molecule has 0 unspecified atom stereocenters. The third kappa shape index (κ3) is 2.08. The van der Waals surface area contributed by atoms with E-state index in [-0.39, 0.29) is 22.0 Å². The Morgan fingerprint density at radius 3 is 2.86 bits per heavy atom. The Labute approximate surface area is 93.1 Å². The van der Waals surface area contributed by atoms with Crippen molar-refractivity contribution in [2.75, 3.05) is 13.1 Å². The van der Waals surface area contributed by atoms with Crippen LogP contribution in [0.1, 0.15) is 6.42 Å². The van der Waals surface area contributed by atoms with Crippen molar-refractivity contribution >= 4 is 33.6 Å². The number of thiazole rings is 1. The summed E-state index contributed by atoms with van der Waals surface area (Å²) in [6.45, 7) is 1.34. The van der Waals surface area contributed by atoms with Crippen molar-refractivity contribution in [1.82, 2.24) is 10.3 Å². The van der Waals surface area contributed by atoms with Crippen molar-refractivity contribution in [2.45, 2.75) is 16.0 Å².